The number of aliphatic carboxylic acids is 1. The van der Waals surface area contributed by atoms with Gasteiger partial charge in [-0.15, -0.1) is 0 Å². The largest absolute Gasteiger partial charge is 0.481 e. The van der Waals surface area contributed by atoms with Crippen LogP contribution in [-0.4, -0.2) is 23.5 Å². The van der Waals surface area contributed by atoms with E-state index < -0.39 is 11.9 Å². The Balaban J connectivity index is 1.51. The van der Waals surface area contributed by atoms with Crippen LogP contribution in [0.4, 0.5) is 0 Å². The fourth-order valence-electron chi connectivity index (χ4n) is 3.56. The van der Waals surface area contributed by atoms with E-state index in [0.29, 0.717) is 11.8 Å². The van der Waals surface area contributed by atoms with E-state index in [2.05, 4.69) is 5.32 Å². The molecule has 4 heteroatoms. The highest BCUT2D eigenvalue weighted by Gasteiger charge is 2.49. The Kier molecular flexibility index (Phi) is 2.83. The quantitative estimate of drug-likeness (QED) is 0.783. The Hall–Kier alpha value is -1.06. The molecule has 0 saturated heterocycles. The van der Waals surface area contributed by atoms with Crippen LogP contribution in [-0.2, 0) is 9.59 Å². The van der Waals surface area contributed by atoms with Crippen molar-refractivity contribution in [2.45, 2.75) is 44.9 Å². The van der Waals surface area contributed by atoms with Crippen molar-refractivity contribution >= 4 is 11.9 Å². The number of hydrogen-bond acceptors (Lipinski definition) is 2. The molecule has 3 fully saturated rings. The van der Waals surface area contributed by atoms with Crippen LogP contribution in [0.3, 0.4) is 0 Å². The maximum Gasteiger partial charge on any atom is 0.307 e. The van der Waals surface area contributed by atoms with Crippen LogP contribution in [0.2, 0.25) is 0 Å². The summed E-state index contributed by atoms with van der Waals surface area (Å²) in [5.41, 5.74) is 0.373. The summed E-state index contributed by atoms with van der Waals surface area (Å²) in [5, 5.41) is 12.0. The molecule has 100 valence electrons. The lowest BCUT2D eigenvalue weighted by Crippen LogP contribution is -2.49. The van der Waals surface area contributed by atoms with Gasteiger partial charge in [-0.2, -0.15) is 0 Å². The van der Waals surface area contributed by atoms with Crippen molar-refractivity contribution in [3.05, 3.63) is 0 Å². The van der Waals surface area contributed by atoms with E-state index >= 15 is 0 Å². The Labute approximate surface area is 107 Å². The third-order valence-electron chi connectivity index (χ3n) is 5.34. The van der Waals surface area contributed by atoms with Crippen molar-refractivity contribution in [1.82, 2.24) is 5.32 Å². The van der Waals surface area contributed by atoms with Crippen molar-refractivity contribution in [3.63, 3.8) is 0 Å². The van der Waals surface area contributed by atoms with Gasteiger partial charge >= 0.3 is 5.97 Å². The number of rotatable bonds is 5. The number of carboxylic acid groups (broad SMARTS) is 1. The summed E-state index contributed by atoms with van der Waals surface area (Å²) in [7, 11) is 0. The van der Waals surface area contributed by atoms with Crippen molar-refractivity contribution < 1.29 is 14.7 Å². The van der Waals surface area contributed by atoms with Gasteiger partial charge in [0, 0.05) is 6.54 Å². The zero-order valence-electron chi connectivity index (χ0n) is 10.7. The summed E-state index contributed by atoms with van der Waals surface area (Å²) in [6, 6.07) is 0. The highest BCUT2D eigenvalue weighted by Crippen LogP contribution is 2.56. The molecule has 1 amide bonds. The molecule has 3 rings (SSSR count). The third-order valence-corrected chi connectivity index (χ3v) is 5.34. The minimum absolute atomic E-state index is 0.0272. The fraction of sp³-hybridized carbons (Fsp3) is 0.857. The Morgan fingerprint density at radius 2 is 1.78 bits per heavy atom. The zero-order chi connectivity index (χ0) is 12.8. The van der Waals surface area contributed by atoms with Crippen LogP contribution in [0.5, 0.6) is 0 Å². The number of carbonyl (C=O) groups excluding carboxylic acids is 1. The highest BCUT2D eigenvalue weighted by molar-refractivity contribution is 5.86. The lowest BCUT2D eigenvalue weighted by atomic mass is 9.65. The normalized spacial score (nSPS) is 33.1. The molecule has 18 heavy (non-hydrogen) atoms. The zero-order valence-corrected chi connectivity index (χ0v) is 10.7. The Bertz CT molecular complexity index is 371. The summed E-state index contributed by atoms with van der Waals surface area (Å²) in [6.07, 6.45) is 7.79. The van der Waals surface area contributed by atoms with Crippen LogP contribution < -0.4 is 5.32 Å². The first-order valence-corrected chi connectivity index (χ1v) is 7.13. The van der Waals surface area contributed by atoms with Crippen LogP contribution in [0.25, 0.3) is 0 Å². The summed E-state index contributed by atoms with van der Waals surface area (Å²) in [6.45, 7) is 0.777. The monoisotopic (exact) mass is 251 g/mol. The molecule has 0 bridgehead atoms. The van der Waals surface area contributed by atoms with Crippen LogP contribution >= 0.6 is 0 Å². The van der Waals surface area contributed by atoms with E-state index in [-0.39, 0.29) is 11.8 Å². The summed E-state index contributed by atoms with van der Waals surface area (Å²) in [4.78, 5) is 22.9. The van der Waals surface area contributed by atoms with Crippen LogP contribution in [0.15, 0.2) is 0 Å². The predicted octanol–water partition coefficient (Wildman–Crippen LogP) is 1.79. The molecule has 2 unspecified atom stereocenters. The first kappa shape index (κ1) is 12.0. The molecule has 3 aliphatic carbocycles. The summed E-state index contributed by atoms with van der Waals surface area (Å²) < 4.78 is 0. The van der Waals surface area contributed by atoms with Crippen molar-refractivity contribution in [3.8, 4) is 0 Å². The second-order valence-electron chi connectivity index (χ2n) is 6.34. The molecule has 0 aromatic heterocycles. The van der Waals surface area contributed by atoms with Gasteiger partial charge in [0.05, 0.1) is 11.8 Å². The first-order chi connectivity index (χ1) is 8.62. The maximum absolute atomic E-state index is 12.0. The SMILES string of the molecule is O=C(O)C1CCC1C(=O)NCC1(C2CC2)CCC1. The second-order valence-corrected chi connectivity index (χ2v) is 6.34. The molecule has 0 aliphatic heterocycles. The van der Waals surface area contributed by atoms with Crippen molar-refractivity contribution in [1.29, 1.82) is 0 Å². The molecule has 2 atom stereocenters. The van der Waals surface area contributed by atoms with Gasteiger partial charge in [0.2, 0.25) is 5.91 Å². The molecule has 3 aliphatic rings. The molecular weight excluding hydrogens is 230 g/mol. The topological polar surface area (TPSA) is 66.4 Å². The van der Waals surface area contributed by atoms with Gasteiger partial charge in [-0.1, -0.05) is 6.42 Å². The molecule has 0 aromatic carbocycles. The molecule has 0 spiro atoms. The Morgan fingerprint density at radius 1 is 1.11 bits per heavy atom. The second kappa shape index (κ2) is 4.25. The number of carboxylic acids is 1. The van der Waals surface area contributed by atoms with E-state index in [0.717, 1.165) is 18.9 Å². The third kappa shape index (κ3) is 1.91. The van der Waals surface area contributed by atoms with E-state index in [1.54, 1.807) is 0 Å². The van der Waals surface area contributed by atoms with E-state index in [1.807, 2.05) is 0 Å². The van der Waals surface area contributed by atoms with Gasteiger partial charge in [-0.05, 0) is 49.9 Å². The van der Waals surface area contributed by atoms with Crippen molar-refractivity contribution in [2.24, 2.45) is 23.2 Å². The summed E-state index contributed by atoms with van der Waals surface area (Å²) >= 11 is 0. The maximum atomic E-state index is 12.0. The minimum Gasteiger partial charge on any atom is -0.481 e. The smallest absolute Gasteiger partial charge is 0.307 e. The number of carbonyl (C=O) groups is 2. The molecule has 0 heterocycles. The molecule has 2 N–H and O–H groups in total. The average molecular weight is 251 g/mol. The number of hydrogen-bond donors (Lipinski definition) is 2. The van der Waals surface area contributed by atoms with Gasteiger partial charge in [0.15, 0.2) is 0 Å². The Morgan fingerprint density at radius 3 is 2.17 bits per heavy atom. The average Bonchev–Trinajstić information content (AvgIpc) is 2.97. The molecule has 4 nitrogen and oxygen atoms in total. The first-order valence-electron chi connectivity index (χ1n) is 7.13. The van der Waals surface area contributed by atoms with Gasteiger partial charge in [-0.25, -0.2) is 0 Å². The van der Waals surface area contributed by atoms with E-state index in [9.17, 15) is 9.59 Å². The minimum atomic E-state index is -0.818. The highest BCUT2D eigenvalue weighted by atomic mass is 16.4. The standard InChI is InChI=1S/C14H21NO3/c16-12(10-4-5-11(10)13(17)18)15-8-14(6-1-7-14)9-2-3-9/h9-11H,1-8H2,(H,15,16)(H,17,18). The molecule has 3 saturated carbocycles. The van der Waals surface area contributed by atoms with Gasteiger partial charge in [0.25, 0.3) is 0 Å². The molecular formula is C14H21NO3. The molecule has 0 aromatic rings. The van der Waals surface area contributed by atoms with E-state index in [1.165, 1.54) is 32.1 Å². The predicted molar refractivity (Wildman–Crippen MR) is 65.9 cm³/mol. The van der Waals surface area contributed by atoms with Crippen LogP contribution in [0.1, 0.15) is 44.9 Å². The lowest BCUT2D eigenvalue weighted by molar-refractivity contribution is -0.153. The van der Waals surface area contributed by atoms with E-state index in [4.69, 9.17) is 5.11 Å². The number of nitrogens with one attached hydrogen (secondary N) is 1. The van der Waals surface area contributed by atoms with Crippen LogP contribution in [0, 0.1) is 23.2 Å². The van der Waals surface area contributed by atoms with Gasteiger partial charge < -0.3 is 10.4 Å². The lowest BCUT2D eigenvalue weighted by Gasteiger charge is -2.43. The fourth-order valence-corrected chi connectivity index (χ4v) is 3.56. The molecule has 0 radical (unpaired) electrons. The number of amides is 1. The van der Waals surface area contributed by atoms with Crippen molar-refractivity contribution in [2.75, 3.05) is 6.54 Å². The van der Waals surface area contributed by atoms with Gasteiger partial charge in [-0.3, -0.25) is 9.59 Å². The summed E-state index contributed by atoms with van der Waals surface area (Å²) in [5.74, 6) is -0.743. The van der Waals surface area contributed by atoms with Gasteiger partial charge in [0.1, 0.15) is 0 Å².